The fraction of sp³-hybridized carbons (Fsp3) is 0.467. The van der Waals surface area contributed by atoms with Crippen molar-refractivity contribution < 1.29 is 9.59 Å². The summed E-state index contributed by atoms with van der Waals surface area (Å²) in [5, 5.41) is 14.0. The van der Waals surface area contributed by atoms with Crippen LogP contribution in [0.4, 0.5) is 5.95 Å². The molecule has 0 radical (unpaired) electrons. The van der Waals surface area contributed by atoms with E-state index in [1.165, 1.54) is 11.8 Å². The summed E-state index contributed by atoms with van der Waals surface area (Å²) in [5.41, 5.74) is 0. The molecule has 2 atom stereocenters. The van der Waals surface area contributed by atoms with Gasteiger partial charge in [-0.2, -0.15) is 0 Å². The van der Waals surface area contributed by atoms with Crippen LogP contribution in [0.15, 0.2) is 29.9 Å². The number of likely N-dealkylation sites (N-methyl/N-ethyl adjacent to an activating group) is 1. The molecule has 1 fully saturated rings. The number of amides is 2. The Morgan fingerprint density at radius 2 is 2.12 bits per heavy atom. The van der Waals surface area contributed by atoms with Crippen LogP contribution in [0, 0.1) is 0 Å². The smallest absolute Gasteiger partial charge is 0.242 e. The van der Waals surface area contributed by atoms with Crippen molar-refractivity contribution in [3.05, 3.63) is 24.8 Å². The summed E-state index contributed by atoms with van der Waals surface area (Å²) in [7, 11) is 3.42. The van der Waals surface area contributed by atoms with Gasteiger partial charge in [0, 0.05) is 39.1 Å². The Hall–Kier alpha value is -2.69. The van der Waals surface area contributed by atoms with Crippen molar-refractivity contribution in [2.75, 3.05) is 24.2 Å². The normalized spacial score (nSPS) is 19.4. The van der Waals surface area contributed by atoms with Crippen LogP contribution < -0.4 is 15.5 Å². The average Bonchev–Trinajstić information content (AvgIpc) is 3.26. The Morgan fingerprint density at radius 1 is 1.35 bits per heavy atom. The van der Waals surface area contributed by atoms with Gasteiger partial charge in [0.1, 0.15) is 12.4 Å². The second-order valence-corrected chi connectivity index (χ2v) is 6.79. The van der Waals surface area contributed by atoms with Crippen LogP contribution in [-0.4, -0.2) is 68.0 Å². The van der Waals surface area contributed by atoms with E-state index >= 15 is 0 Å². The number of hydrogen-bond acceptors (Lipinski definition) is 8. The number of thioether (sulfide) groups is 1. The number of hydrogen-bond donors (Lipinski definition) is 2. The number of aryl methyl sites for hydroxylation is 1. The van der Waals surface area contributed by atoms with Crippen LogP contribution >= 0.6 is 11.8 Å². The van der Waals surface area contributed by atoms with E-state index in [1.807, 2.05) is 11.9 Å². The molecular formula is C15H20N8O2S. The van der Waals surface area contributed by atoms with Crippen molar-refractivity contribution in [3.63, 3.8) is 0 Å². The van der Waals surface area contributed by atoms with Gasteiger partial charge in [0.2, 0.25) is 17.8 Å². The van der Waals surface area contributed by atoms with Crippen molar-refractivity contribution >= 4 is 29.5 Å². The summed E-state index contributed by atoms with van der Waals surface area (Å²) in [4.78, 5) is 34.7. The molecule has 0 unspecified atom stereocenters. The van der Waals surface area contributed by atoms with E-state index in [0.717, 1.165) is 0 Å². The summed E-state index contributed by atoms with van der Waals surface area (Å²) < 4.78 is 1.75. The van der Waals surface area contributed by atoms with Gasteiger partial charge in [0.15, 0.2) is 5.16 Å². The highest BCUT2D eigenvalue weighted by Crippen LogP contribution is 2.23. The van der Waals surface area contributed by atoms with Crippen LogP contribution in [-0.2, 0) is 16.6 Å². The molecule has 0 aromatic carbocycles. The van der Waals surface area contributed by atoms with Gasteiger partial charge in [-0.25, -0.2) is 9.97 Å². The minimum Gasteiger partial charge on any atom is -0.357 e. The monoisotopic (exact) mass is 376 g/mol. The molecular weight excluding hydrogens is 356 g/mol. The molecule has 0 bridgehead atoms. The number of nitrogens with one attached hydrogen (secondary N) is 2. The minimum atomic E-state index is -0.418. The summed E-state index contributed by atoms with van der Waals surface area (Å²) in [6.45, 7) is 0.475. The predicted octanol–water partition coefficient (Wildman–Crippen LogP) is -0.793. The zero-order chi connectivity index (χ0) is 18.5. The van der Waals surface area contributed by atoms with E-state index in [4.69, 9.17) is 0 Å². The van der Waals surface area contributed by atoms with E-state index < -0.39 is 6.04 Å². The fourth-order valence-corrected chi connectivity index (χ4v) is 3.52. The summed E-state index contributed by atoms with van der Waals surface area (Å²) in [6, 6.07) is 1.14. The van der Waals surface area contributed by atoms with E-state index in [9.17, 15) is 9.59 Å². The zero-order valence-electron chi connectivity index (χ0n) is 14.5. The lowest BCUT2D eigenvalue weighted by Gasteiger charge is -2.22. The molecule has 0 saturated carbocycles. The van der Waals surface area contributed by atoms with Gasteiger partial charge >= 0.3 is 0 Å². The highest BCUT2D eigenvalue weighted by molar-refractivity contribution is 7.99. The maximum absolute atomic E-state index is 12.3. The molecule has 1 aliphatic heterocycles. The van der Waals surface area contributed by atoms with Crippen LogP contribution in [0.3, 0.4) is 0 Å². The lowest BCUT2D eigenvalue weighted by molar-refractivity contribution is -0.122. The highest BCUT2D eigenvalue weighted by Gasteiger charge is 2.38. The maximum Gasteiger partial charge on any atom is 0.242 e. The van der Waals surface area contributed by atoms with Crippen molar-refractivity contribution in [3.8, 4) is 0 Å². The fourth-order valence-electron chi connectivity index (χ4n) is 2.82. The van der Waals surface area contributed by atoms with Crippen molar-refractivity contribution in [2.45, 2.75) is 23.7 Å². The second-order valence-electron chi connectivity index (χ2n) is 5.84. The van der Waals surface area contributed by atoms with Gasteiger partial charge in [-0.05, 0) is 12.5 Å². The van der Waals surface area contributed by atoms with Crippen molar-refractivity contribution in [1.29, 1.82) is 0 Å². The molecule has 138 valence electrons. The Labute approximate surface area is 154 Å². The lowest BCUT2D eigenvalue weighted by atomic mass is 10.1. The molecule has 26 heavy (non-hydrogen) atoms. The first-order valence-electron chi connectivity index (χ1n) is 8.10. The molecule has 1 aliphatic rings. The Bertz CT molecular complexity index is 768. The standard InChI is InChI=1S/C15H20N8O2S/c1-16-13(25)11-6-10(7-23(11)14-17-4-3-5-18-14)20-12(24)8-26-15-21-19-9-22(15)2/h3-5,9-11H,6-8H2,1-2H3,(H,16,25)(H,20,24)/t10-,11+/m1/s1. The van der Waals surface area contributed by atoms with Crippen LogP contribution in [0.2, 0.25) is 0 Å². The Morgan fingerprint density at radius 3 is 2.77 bits per heavy atom. The van der Waals surface area contributed by atoms with Crippen molar-refractivity contribution in [2.24, 2.45) is 7.05 Å². The summed E-state index contributed by atoms with van der Waals surface area (Å²) in [6.07, 6.45) is 5.35. The SMILES string of the molecule is CNC(=O)[C@@H]1C[C@@H](NC(=O)CSc2nncn2C)CN1c1ncccn1. The number of aromatic nitrogens is 5. The molecule has 3 heterocycles. The largest absolute Gasteiger partial charge is 0.357 e. The van der Waals surface area contributed by atoms with E-state index in [-0.39, 0.29) is 23.6 Å². The molecule has 10 nitrogen and oxygen atoms in total. The maximum atomic E-state index is 12.3. The third-order valence-electron chi connectivity index (χ3n) is 4.03. The molecule has 2 aromatic heterocycles. The lowest BCUT2D eigenvalue weighted by Crippen LogP contribution is -2.42. The van der Waals surface area contributed by atoms with E-state index in [1.54, 1.807) is 36.4 Å². The second kappa shape index (κ2) is 8.13. The Kier molecular flexibility index (Phi) is 5.66. The molecule has 0 spiro atoms. The van der Waals surface area contributed by atoms with Gasteiger partial charge in [0.05, 0.1) is 5.75 Å². The first-order chi connectivity index (χ1) is 12.6. The van der Waals surface area contributed by atoms with Crippen LogP contribution in [0.5, 0.6) is 0 Å². The highest BCUT2D eigenvalue weighted by atomic mass is 32.2. The number of nitrogens with zero attached hydrogens (tertiary/aromatic N) is 6. The van der Waals surface area contributed by atoms with Gasteiger partial charge < -0.3 is 20.1 Å². The van der Waals surface area contributed by atoms with Gasteiger partial charge in [-0.15, -0.1) is 10.2 Å². The number of rotatable bonds is 6. The third-order valence-corrected chi connectivity index (χ3v) is 5.06. The summed E-state index contributed by atoms with van der Waals surface area (Å²) >= 11 is 1.31. The van der Waals surface area contributed by atoms with Gasteiger partial charge in [-0.1, -0.05) is 11.8 Å². The third kappa shape index (κ3) is 4.10. The van der Waals surface area contributed by atoms with E-state index in [0.29, 0.717) is 24.1 Å². The first-order valence-corrected chi connectivity index (χ1v) is 9.08. The average molecular weight is 376 g/mol. The van der Waals surface area contributed by atoms with Crippen LogP contribution in [0.25, 0.3) is 0 Å². The number of carbonyl (C=O) groups is 2. The molecule has 3 rings (SSSR count). The molecule has 11 heteroatoms. The quantitative estimate of drug-likeness (QED) is 0.630. The van der Waals surface area contributed by atoms with Crippen LogP contribution in [0.1, 0.15) is 6.42 Å². The molecule has 2 aromatic rings. The Balaban J connectivity index is 1.61. The predicted molar refractivity (Wildman–Crippen MR) is 95.5 cm³/mol. The van der Waals surface area contributed by atoms with Crippen molar-refractivity contribution in [1.82, 2.24) is 35.4 Å². The minimum absolute atomic E-state index is 0.116. The van der Waals surface area contributed by atoms with E-state index in [2.05, 4.69) is 30.8 Å². The van der Waals surface area contributed by atoms with Gasteiger partial charge in [-0.3, -0.25) is 9.59 Å². The zero-order valence-corrected chi connectivity index (χ0v) is 15.3. The number of carbonyl (C=O) groups excluding carboxylic acids is 2. The molecule has 1 saturated heterocycles. The first kappa shape index (κ1) is 18.1. The molecule has 2 amide bonds. The molecule has 2 N–H and O–H groups in total. The molecule has 0 aliphatic carbocycles. The summed E-state index contributed by atoms with van der Waals surface area (Å²) in [5.74, 6) is 0.471. The topological polar surface area (TPSA) is 118 Å². The number of anilines is 1. The van der Waals surface area contributed by atoms with Gasteiger partial charge in [0.25, 0.3) is 0 Å².